The van der Waals surface area contributed by atoms with Gasteiger partial charge in [0, 0.05) is 0 Å². The van der Waals surface area contributed by atoms with E-state index in [0.717, 1.165) is 6.16 Å². The van der Waals surface area contributed by atoms with Gasteiger partial charge in [-0.2, -0.15) is 0 Å². The summed E-state index contributed by atoms with van der Waals surface area (Å²) in [6, 6.07) is 7.10. The smallest absolute Gasteiger partial charge is 0.0100 e. The molecule has 0 heterocycles. The highest BCUT2D eigenvalue weighted by atomic mass is 79.9. The molecule has 1 aromatic carbocycles. The zero-order chi connectivity index (χ0) is 14.3. The Morgan fingerprint density at radius 1 is 1.10 bits per heavy atom. The van der Waals surface area contributed by atoms with E-state index in [0.29, 0.717) is 10.8 Å². The number of benzene rings is 1. The molecule has 20 heavy (non-hydrogen) atoms. The molecule has 0 fully saturated rings. The van der Waals surface area contributed by atoms with Gasteiger partial charge in [-0.05, 0) is 59.0 Å². The van der Waals surface area contributed by atoms with Gasteiger partial charge in [0.05, 0.1) is 0 Å². The Labute approximate surface area is 137 Å². The molecule has 0 radical (unpaired) electrons. The van der Waals surface area contributed by atoms with Crippen LogP contribution < -0.4 is 0 Å². The summed E-state index contributed by atoms with van der Waals surface area (Å²) in [7, 11) is 2.77. The summed E-state index contributed by atoms with van der Waals surface area (Å²) in [6.45, 7) is 11.8. The zero-order valence-corrected chi connectivity index (χ0v) is 16.3. The highest BCUT2D eigenvalue weighted by Gasteiger charge is 2.36. The van der Waals surface area contributed by atoms with Gasteiger partial charge >= 0.3 is 0 Å². The van der Waals surface area contributed by atoms with Gasteiger partial charge in [0.15, 0.2) is 0 Å². The third-order valence-electron chi connectivity index (χ3n) is 4.73. The van der Waals surface area contributed by atoms with E-state index in [2.05, 4.69) is 68.1 Å². The van der Waals surface area contributed by atoms with E-state index in [1.807, 2.05) is 0 Å². The Morgan fingerprint density at radius 2 is 1.65 bits per heavy atom. The van der Waals surface area contributed by atoms with E-state index < -0.39 is 0 Å². The molecule has 0 N–H and O–H groups in total. The summed E-state index contributed by atoms with van der Waals surface area (Å²) >= 11 is 0. The van der Waals surface area contributed by atoms with Crippen LogP contribution in [0.1, 0.15) is 64.2 Å². The van der Waals surface area contributed by atoms with E-state index >= 15 is 0 Å². The third-order valence-corrected chi connectivity index (χ3v) is 4.97. The van der Waals surface area contributed by atoms with Crippen molar-refractivity contribution in [1.29, 1.82) is 0 Å². The first-order valence-corrected chi connectivity index (χ1v) is 8.12. The lowest BCUT2D eigenvalue weighted by molar-refractivity contribution is 0.332. The third kappa shape index (κ3) is 3.37. The van der Waals surface area contributed by atoms with Gasteiger partial charge in [0.1, 0.15) is 0 Å². The Morgan fingerprint density at radius 3 is 2.20 bits per heavy atom. The van der Waals surface area contributed by atoms with Crippen LogP contribution in [0, 0.1) is 0 Å². The van der Waals surface area contributed by atoms with Crippen molar-refractivity contribution < 1.29 is 0 Å². The highest BCUT2D eigenvalue weighted by molar-refractivity contribution is 8.93. The Kier molecular flexibility index (Phi) is 5.67. The quantitative estimate of drug-likeness (QED) is 0.580. The van der Waals surface area contributed by atoms with Gasteiger partial charge in [-0.1, -0.05) is 52.0 Å². The minimum absolute atomic E-state index is 0. The Hall–Kier alpha value is -0.130. The van der Waals surface area contributed by atoms with Crippen molar-refractivity contribution >= 4 is 31.8 Å². The second-order valence-electron chi connectivity index (χ2n) is 7.15. The minimum Gasteiger partial charge on any atom is -0.134 e. The van der Waals surface area contributed by atoms with Crippen LogP contribution in [0.4, 0.5) is 0 Å². The molecule has 0 aliphatic heterocycles. The first-order valence-electron chi connectivity index (χ1n) is 7.30. The fraction of sp³-hybridized carbons (Fsp3) is 0.556. The molecule has 2 rings (SSSR count). The van der Waals surface area contributed by atoms with E-state index in [9.17, 15) is 0 Å². The predicted octanol–water partition coefficient (Wildman–Crippen LogP) is 5.89. The van der Waals surface area contributed by atoms with E-state index in [1.54, 1.807) is 11.1 Å². The summed E-state index contributed by atoms with van der Waals surface area (Å²) in [5.74, 6) is 0. The van der Waals surface area contributed by atoms with E-state index in [1.165, 1.54) is 24.0 Å². The van der Waals surface area contributed by atoms with Gasteiger partial charge in [-0.3, -0.25) is 0 Å². The van der Waals surface area contributed by atoms with Crippen LogP contribution in [0.25, 0.3) is 5.57 Å². The van der Waals surface area contributed by atoms with Crippen LogP contribution in [-0.2, 0) is 10.8 Å². The Balaban J connectivity index is 0.00000200. The van der Waals surface area contributed by atoms with Crippen LogP contribution in [0.5, 0.6) is 0 Å². The fourth-order valence-electron chi connectivity index (χ4n) is 3.13. The van der Waals surface area contributed by atoms with E-state index in [-0.39, 0.29) is 17.0 Å². The first-order chi connectivity index (χ1) is 8.78. The van der Waals surface area contributed by atoms with Crippen molar-refractivity contribution in [1.82, 2.24) is 0 Å². The van der Waals surface area contributed by atoms with Crippen molar-refractivity contribution in [3.8, 4) is 0 Å². The maximum Gasteiger partial charge on any atom is -0.0100 e. The normalized spacial score (nSPS) is 20.0. The van der Waals surface area contributed by atoms with Crippen LogP contribution in [-0.4, -0.2) is 6.16 Å². The van der Waals surface area contributed by atoms with Gasteiger partial charge in [0.2, 0.25) is 0 Å². The molecule has 1 unspecified atom stereocenters. The summed E-state index contributed by atoms with van der Waals surface area (Å²) in [5.41, 5.74) is 6.50. The van der Waals surface area contributed by atoms with Crippen LogP contribution in [0.3, 0.4) is 0 Å². The molecule has 2 heteroatoms. The molecule has 0 aromatic heterocycles. The SMILES string of the molecule is Br.C/C(=C/CP)c1ccc2c(c1)C(C)(C)CCC2(C)C. The monoisotopic (exact) mass is 354 g/mol. The summed E-state index contributed by atoms with van der Waals surface area (Å²) < 4.78 is 0. The van der Waals surface area contributed by atoms with Gasteiger partial charge in [0.25, 0.3) is 0 Å². The number of hydrogen-bond acceptors (Lipinski definition) is 0. The molecule has 0 amide bonds. The second-order valence-corrected chi connectivity index (χ2v) is 7.62. The van der Waals surface area contributed by atoms with Crippen LogP contribution in [0.2, 0.25) is 0 Å². The molecule has 0 nitrogen and oxygen atoms in total. The first kappa shape index (κ1) is 17.9. The van der Waals surface area contributed by atoms with Crippen molar-refractivity contribution in [3.63, 3.8) is 0 Å². The number of allylic oxidation sites excluding steroid dienone is 2. The highest BCUT2D eigenvalue weighted by Crippen LogP contribution is 2.46. The van der Waals surface area contributed by atoms with Gasteiger partial charge in [-0.15, -0.1) is 26.2 Å². The number of fused-ring (bicyclic) bond motifs is 1. The van der Waals surface area contributed by atoms with Crippen molar-refractivity contribution in [2.75, 3.05) is 6.16 Å². The maximum absolute atomic E-state index is 2.77. The fourth-order valence-corrected chi connectivity index (χ4v) is 3.48. The van der Waals surface area contributed by atoms with Crippen LogP contribution >= 0.6 is 26.2 Å². The lowest BCUT2D eigenvalue weighted by Gasteiger charge is -2.42. The van der Waals surface area contributed by atoms with Crippen molar-refractivity contribution in [2.24, 2.45) is 0 Å². The molecule has 0 bridgehead atoms. The molecule has 1 aromatic rings. The lowest BCUT2D eigenvalue weighted by atomic mass is 9.63. The molecular formula is C18H28BrP. The summed E-state index contributed by atoms with van der Waals surface area (Å²) in [4.78, 5) is 0. The molecule has 1 atom stereocenters. The summed E-state index contributed by atoms with van der Waals surface area (Å²) in [5, 5.41) is 0. The molecule has 0 spiro atoms. The van der Waals surface area contributed by atoms with Crippen LogP contribution in [0.15, 0.2) is 24.3 Å². The lowest BCUT2D eigenvalue weighted by Crippen LogP contribution is -2.33. The van der Waals surface area contributed by atoms with Crippen molar-refractivity contribution in [2.45, 2.75) is 58.3 Å². The largest absolute Gasteiger partial charge is 0.134 e. The van der Waals surface area contributed by atoms with E-state index in [4.69, 9.17) is 0 Å². The maximum atomic E-state index is 2.77. The molecule has 112 valence electrons. The molecule has 1 aliphatic carbocycles. The molecule has 0 saturated carbocycles. The van der Waals surface area contributed by atoms with Gasteiger partial charge < -0.3 is 0 Å². The average molecular weight is 355 g/mol. The van der Waals surface area contributed by atoms with Gasteiger partial charge in [-0.25, -0.2) is 0 Å². The van der Waals surface area contributed by atoms with Crippen molar-refractivity contribution in [3.05, 3.63) is 41.0 Å². The zero-order valence-electron chi connectivity index (χ0n) is 13.4. The Bertz CT molecular complexity index is 512. The minimum atomic E-state index is 0. The molecule has 0 saturated heterocycles. The molecular weight excluding hydrogens is 327 g/mol. The standard InChI is InChI=1S/C18H27P.BrH/c1-13(8-11-19)14-6-7-15-16(12-14)18(4,5)10-9-17(15,2)3;/h6-8,12H,9-11,19H2,1-5H3;1H/b13-8-;. The average Bonchev–Trinajstić information content (AvgIpc) is 2.35. The predicted molar refractivity (Wildman–Crippen MR) is 100 cm³/mol. The molecule has 1 aliphatic rings. The topological polar surface area (TPSA) is 0 Å². The second kappa shape index (κ2) is 6.32. The summed E-state index contributed by atoms with van der Waals surface area (Å²) in [6.07, 6.45) is 5.88. The number of halogens is 1. The number of rotatable bonds is 2. The number of hydrogen-bond donors (Lipinski definition) is 0.